The molecule has 28 heavy (non-hydrogen) atoms. The van der Waals surface area contributed by atoms with E-state index >= 15 is 0 Å². The first-order valence-electron chi connectivity index (χ1n) is 8.74. The number of anilines is 1. The number of aromatic nitrogens is 4. The van der Waals surface area contributed by atoms with Crippen LogP contribution in [0.5, 0.6) is 5.75 Å². The van der Waals surface area contributed by atoms with Gasteiger partial charge in [-0.2, -0.15) is 5.10 Å². The van der Waals surface area contributed by atoms with Gasteiger partial charge >= 0.3 is 6.01 Å². The van der Waals surface area contributed by atoms with E-state index in [1.54, 1.807) is 30.0 Å². The molecule has 4 aromatic rings. The number of amides is 1. The van der Waals surface area contributed by atoms with Gasteiger partial charge in [0.25, 0.3) is 11.8 Å². The van der Waals surface area contributed by atoms with E-state index in [0.717, 1.165) is 11.1 Å². The van der Waals surface area contributed by atoms with Gasteiger partial charge in [-0.1, -0.05) is 17.2 Å². The van der Waals surface area contributed by atoms with Gasteiger partial charge in [0.15, 0.2) is 22.8 Å². The number of aryl methyl sites for hydroxylation is 1. The summed E-state index contributed by atoms with van der Waals surface area (Å²) in [6, 6.07) is 9.14. The average molecular weight is 381 g/mol. The van der Waals surface area contributed by atoms with E-state index < -0.39 is 5.91 Å². The van der Waals surface area contributed by atoms with Gasteiger partial charge in [-0.05, 0) is 39.0 Å². The van der Waals surface area contributed by atoms with E-state index in [0.29, 0.717) is 17.1 Å². The second kappa shape index (κ2) is 6.84. The monoisotopic (exact) mass is 381 g/mol. The molecular formula is C19H19N5O4. The van der Waals surface area contributed by atoms with Gasteiger partial charge in [0, 0.05) is 17.1 Å². The lowest BCUT2D eigenvalue weighted by molar-refractivity contribution is 0.101. The molecule has 0 radical (unpaired) electrons. The molecule has 0 spiro atoms. The molecule has 0 unspecified atom stereocenters. The molecule has 0 bridgehead atoms. The Bertz CT molecular complexity index is 1150. The zero-order valence-corrected chi connectivity index (χ0v) is 15.9. The summed E-state index contributed by atoms with van der Waals surface area (Å²) < 4.78 is 18.4. The van der Waals surface area contributed by atoms with Crippen LogP contribution in [0.2, 0.25) is 0 Å². The topological polar surface area (TPSA) is 108 Å². The smallest absolute Gasteiger partial charge is 0.322 e. The van der Waals surface area contributed by atoms with Crippen molar-refractivity contribution in [2.75, 3.05) is 12.4 Å². The summed E-state index contributed by atoms with van der Waals surface area (Å²) in [5.74, 6) is 0.710. The number of nitrogens with zero attached hydrogens (tertiary/aromatic N) is 4. The number of nitrogens with one attached hydrogen (secondary N) is 1. The van der Waals surface area contributed by atoms with Crippen LogP contribution < -0.4 is 10.1 Å². The van der Waals surface area contributed by atoms with Gasteiger partial charge in [0.1, 0.15) is 0 Å². The Labute approximate surface area is 160 Å². The largest absolute Gasteiger partial charge is 0.493 e. The zero-order chi connectivity index (χ0) is 19.8. The SMILES string of the molecule is COc1cccc2cc(-c3nnc(NC(=O)c4cc(C)n(C(C)C)n4)o3)oc12. The number of methoxy groups -OCH3 is 1. The zero-order valence-electron chi connectivity index (χ0n) is 15.9. The Morgan fingerprint density at radius 3 is 2.75 bits per heavy atom. The first kappa shape index (κ1) is 17.8. The number of rotatable bonds is 5. The van der Waals surface area contributed by atoms with E-state index in [4.69, 9.17) is 13.6 Å². The van der Waals surface area contributed by atoms with Crippen LogP contribution in [0.25, 0.3) is 22.6 Å². The molecule has 9 nitrogen and oxygen atoms in total. The normalized spacial score (nSPS) is 11.3. The molecule has 1 amide bonds. The van der Waals surface area contributed by atoms with Gasteiger partial charge in [0.2, 0.25) is 0 Å². The predicted molar refractivity (Wildman–Crippen MR) is 101 cm³/mol. The molecule has 1 aromatic carbocycles. The standard InChI is InChI=1S/C19H19N5O4/c1-10(2)24-11(3)8-13(23-24)17(25)20-19-22-21-18(28-19)15-9-12-6-5-7-14(26-4)16(12)27-15/h5-10H,1-4H3,(H,20,22,25). The van der Waals surface area contributed by atoms with Gasteiger partial charge in [-0.3, -0.25) is 14.8 Å². The van der Waals surface area contributed by atoms with Crippen molar-refractivity contribution >= 4 is 22.9 Å². The first-order chi connectivity index (χ1) is 13.5. The van der Waals surface area contributed by atoms with Crippen molar-refractivity contribution < 1.29 is 18.4 Å². The van der Waals surface area contributed by atoms with Crippen LogP contribution in [-0.2, 0) is 0 Å². The summed E-state index contributed by atoms with van der Waals surface area (Å²) in [5, 5.41) is 15.5. The lowest BCUT2D eigenvalue weighted by Crippen LogP contribution is -2.14. The highest BCUT2D eigenvalue weighted by molar-refractivity contribution is 6.01. The van der Waals surface area contributed by atoms with Crippen molar-refractivity contribution in [3.8, 4) is 17.4 Å². The number of carbonyl (C=O) groups is 1. The second-order valence-electron chi connectivity index (χ2n) is 6.57. The molecule has 0 saturated heterocycles. The van der Waals surface area contributed by atoms with E-state index in [9.17, 15) is 4.79 Å². The van der Waals surface area contributed by atoms with Crippen molar-refractivity contribution in [1.82, 2.24) is 20.0 Å². The molecule has 9 heteroatoms. The summed E-state index contributed by atoms with van der Waals surface area (Å²) in [5.41, 5.74) is 1.75. The maximum Gasteiger partial charge on any atom is 0.322 e. The summed E-state index contributed by atoms with van der Waals surface area (Å²) in [7, 11) is 1.57. The molecule has 1 N–H and O–H groups in total. The van der Waals surface area contributed by atoms with Crippen LogP contribution in [0, 0.1) is 6.92 Å². The van der Waals surface area contributed by atoms with Gasteiger partial charge < -0.3 is 13.6 Å². The van der Waals surface area contributed by atoms with Crippen molar-refractivity contribution in [3.63, 3.8) is 0 Å². The van der Waals surface area contributed by atoms with Crippen LogP contribution in [-0.4, -0.2) is 33.0 Å². The fraction of sp³-hybridized carbons (Fsp3) is 0.263. The second-order valence-corrected chi connectivity index (χ2v) is 6.57. The summed E-state index contributed by atoms with van der Waals surface area (Å²) in [6.07, 6.45) is 0. The highest BCUT2D eigenvalue weighted by Gasteiger charge is 2.19. The molecule has 0 saturated carbocycles. The number of furan rings is 1. The molecule has 0 atom stereocenters. The third-order valence-electron chi connectivity index (χ3n) is 4.23. The van der Waals surface area contributed by atoms with Crippen molar-refractivity contribution in [2.45, 2.75) is 26.8 Å². The Morgan fingerprint density at radius 1 is 1.21 bits per heavy atom. The van der Waals surface area contributed by atoms with Crippen molar-refractivity contribution in [1.29, 1.82) is 0 Å². The molecule has 4 rings (SSSR count). The number of hydrogen-bond acceptors (Lipinski definition) is 7. The van der Waals surface area contributed by atoms with Gasteiger partial charge in [-0.25, -0.2) is 0 Å². The summed E-state index contributed by atoms with van der Waals surface area (Å²) >= 11 is 0. The summed E-state index contributed by atoms with van der Waals surface area (Å²) in [6.45, 7) is 5.88. The molecule has 3 heterocycles. The van der Waals surface area contributed by atoms with E-state index in [1.807, 2.05) is 32.9 Å². The Kier molecular flexibility index (Phi) is 4.34. The lowest BCUT2D eigenvalue weighted by Gasteiger charge is -2.06. The van der Waals surface area contributed by atoms with Crippen molar-refractivity contribution in [3.05, 3.63) is 41.7 Å². The molecule has 0 aliphatic rings. The van der Waals surface area contributed by atoms with Gasteiger partial charge in [-0.15, -0.1) is 5.10 Å². The molecule has 144 valence electrons. The van der Waals surface area contributed by atoms with E-state index in [2.05, 4.69) is 20.6 Å². The lowest BCUT2D eigenvalue weighted by atomic mass is 10.2. The van der Waals surface area contributed by atoms with E-state index in [-0.39, 0.29) is 23.6 Å². The van der Waals surface area contributed by atoms with Crippen LogP contribution in [0.4, 0.5) is 6.01 Å². The number of hydrogen-bond donors (Lipinski definition) is 1. The minimum absolute atomic E-state index is 0.0378. The quantitative estimate of drug-likeness (QED) is 0.559. The number of ether oxygens (including phenoxy) is 1. The third-order valence-corrected chi connectivity index (χ3v) is 4.23. The first-order valence-corrected chi connectivity index (χ1v) is 8.74. The summed E-state index contributed by atoms with van der Waals surface area (Å²) in [4.78, 5) is 12.4. The molecule has 0 aliphatic heterocycles. The highest BCUT2D eigenvalue weighted by Crippen LogP contribution is 2.33. The van der Waals surface area contributed by atoms with Crippen molar-refractivity contribution in [2.24, 2.45) is 0 Å². The Morgan fingerprint density at radius 2 is 2.04 bits per heavy atom. The molecule has 3 aromatic heterocycles. The average Bonchev–Trinajstić information content (AvgIpc) is 3.38. The van der Waals surface area contributed by atoms with Crippen LogP contribution >= 0.6 is 0 Å². The molecular weight excluding hydrogens is 362 g/mol. The highest BCUT2D eigenvalue weighted by atomic mass is 16.5. The Hall–Kier alpha value is -3.62. The van der Waals surface area contributed by atoms with Crippen LogP contribution in [0.1, 0.15) is 36.1 Å². The minimum atomic E-state index is -0.427. The fourth-order valence-electron chi connectivity index (χ4n) is 2.96. The van der Waals surface area contributed by atoms with Crippen LogP contribution in [0.15, 0.2) is 39.2 Å². The number of fused-ring (bicyclic) bond motifs is 1. The minimum Gasteiger partial charge on any atom is -0.493 e. The predicted octanol–water partition coefficient (Wildman–Crippen LogP) is 3.83. The van der Waals surface area contributed by atoms with Crippen LogP contribution in [0.3, 0.4) is 0 Å². The van der Waals surface area contributed by atoms with Gasteiger partial charge in [0.05, 0.1) is 7.11 Å². The third kappa shape index (κ3) is 3.11. The Balaban J connectivity index is 1.56. The maximum atomic E-state index is 12.4. The number of para-hydroxylation sites is 1. The van der Waals surface area contributed by atoms with E-state index in [1.165, 1.54) is 0 Å². The molecule has 0 aliphatic carbocycles. The maximum absolute atomic E-state index is 12.4. The number of benzene rings is 1. The molecule has 0 fully saturated rings. The fourth-order valence-corrected chi connectivity index (χ4v) is 2.96. The number of carbonyl (C=O) groups excluding carboxylic acids is 1.